The first-order valence-corrected chi connectivity index (χ1v) is 12.0. The molecule has 0 fully saturated rings. The van der Waals surface area contributed by atoms with Gasteiger partial charge in [-0.2, -0.15) is 4.73 Å². The molecular weight excluding hydrogens is 459 g/mol. The van der Waals surface area contributed by atoms with Gasteiger partial charge in [0.05, 0.1) is 21.3 Å². The summed E-state index contributed by atoms with van der Waals surface area (Å²) < 4.78 is 1.03. The van der Waals surface area contributed by atoms with Crippen molar-refractivity contribution < 1.29 is 5.21 Å². The first-order valence-electron chi connectivity index (χ1n) is 8.81. The third-order valence-electron chi connectivity index (χ3n) is 4.44. The number of imidazole rings is 1. The predicted octanol–water partition coefficient (Wildman–Crippen LogP) is 6.66. The van der Waals surface area contributed by atoms with E-state index in [1.165, 1.54) is 11.8 Å². The van der Waals surface area contributed by atoms with Gasteiger partial charge in [-0.25, -0.2) is 15.0 Å². The summed E-state index contributed by atoms with van der Waals surface area (Å²) in [4.78, 5) is 14.6. The summed E-state index contributed by atoms with van der Waals surface area (Å²) in [5.74, 6) is 0.245. The monoisotopic (exact) mass is 474 g/mol. The highest BCUT2D eigenvalue weighted by atomic mass is 35.5. The summed E-state index contributed by atoms with van der Waals surface area (Å²) in [5, 5.41) is 12.6. The zero-order valence-corrected chi connectivity index (χ0v) is 19.1. The number of thioether (sulfide) groups is 2. The Kier molecular flexibility index (Phi) is 6.24. The lowest BCUT2D eigenvalue weighted by molar-refractivity contribution is 0.195. The van der Waals surface area contributed by atoms with E-state index in [9.17, 15) is 5.21 Å². The van der Waals surface area contributed by atoms with Crippen molar-refractivity contribution in [3.8, 4) is 34.0 Å². The van der Waals surface area contributed by atoms with Crippen LogP contribution >= 0.6 is 46.7 Å². The lowest BCUT2D eigenvalue weighted by Gasteiger charge is -2.09. The van der Waals surface area contributed by atoms with Gasteiger partial charge in [0.2, 0.25) is 0 Å². The van der Waals surface area contributed by atoms with Gasteiger partial charge in [-0.1, -0.05) is 53.2 Å². The molecule has 9 heteroatoms. The Labute approximate surface area is 192 Å². The van der Waals surface area contributed by atoms with Crippen LogP contribution in [-0.2, 0) is 0 Å². The first-order chi connectivity index (χ1) is 14.5. The Morgan fingerprint density at radius 2 is 1.67 bits per heavy atom. The van der Waals surface area contributed by atoms with Gasteiger partial charge in [0.1, 0.15) is 11.4 Å². The molecule has 0 aliphatic heterocycles. The van der Waals surface area contributed by atoms with Gasteiger partial charge in [0.15, 0.2) is 11.0 Å². The molecule has 2 aromatic carbocycles. The number of rotatable bonds is 5. The molecule has 0 atom stereocenters. The van der Waals surface area contributed by atoms with Crippen molar-refractivity contribution in [2.45, 2.75) is 10.1 Å². The van der Waals surface area contributed by atoms with Crippen molar-refractivity contribution in [2.24, 2.45) is 0 Å². The Balaban J connectivity index is 2.03. The van der Waals surface area contributed by atoms with E-state index in [2.05, 4.69) is 9.97 Å². The van der Waals surface area contributed by atoms with Gasteiger partial charge in [0, 0.05) is 16.7 Å². The van der Waals surface area contributed by atoms with E-state index in [4.69, 9.17) is 28.2 Å². The summed E-state index contributed by atoms with van der Waals surface area (Å²) in [6.45, 7) is 0. The van der Waals surface area contributed by atoms with E-state index in [0.29, 0.717) is 37.8 Å². The van der Waals surface area contributed by atoms with Crippen molar-refractivity contribution in [1.82, 2.24) is 19.7 Å². The van der Waals surface area contributed by atoms with E-state index in [1.807, 2.05) is 36.8 Å². The van der Waals surface area contributed by atoms with Gasteiger partial charge >= 0.3 is 0 Å². The fourth-order valence-electron chi connectivity index (χ4n) is 3.06. The molecule has 152 valence electrons. The molecule has 0 spiro atoms. The van der Waals surface area contributed by atoms with Crippen LogP contribution < -0.4 is 0 Å². The van der Waals surface area contributed by atoms with Crippen LogP contribution in [0.1, 0.15) is 0 Å². The van der Waals surface area contributed by atoms with E-state index in [-0.39, 0.29) is 5.82 Å². The lowest BCUT2D eigenvalue weighted by atomic mass is 10.1. The first kappa shape index (κ1) is 21.1. The number of hydrogen-bond donors (Lipinski definition) is 1. The molecule has 2 aromatic heterocycles. The standard InChI is InChI=1S/C21H16Cl2N4OS2/c1-29-13-6-3-5-12(11-13)19-18(16-9-10-24-21(25-16)30-2)26-20(27(19)28)17-14(22)7-4-8-15(17)23/h3-11,28H,1-2H3. The molecule has 0 aliphatic rings. The molecule has 0 aliphatic carbocycles. The topological polar surface area (TPSA) is 63.8 Å². The third-order valence-corrected chi connectivity index (χ3v) is 6.36. The number of nitrogens with zero attached hydrogens (tertiary/aromatic N) is 4. The molecule has 4 aromatic rings. The van der Waals surface area contributed by atoms with Crippen molar-refractivity contribution in [3.05, 3.63) is 64.8 Å². The molecule has 5 nitrogen and oxygen atoms in total. The molecule has 1 N–H and O–H groups in total. The maximum absolute atomic E-state index is 11.2. The molecule has 0 saturated heterocycles. The minimum atomic E-state index is 0.245. The quantitative estimate of drug-likeness (QED) is 0.198. The second kappa shape index (κ2) is 8.89. The molecular formula is C21H16Cl2N4OS2. The molecule has 30 heavy (non-hydrogen) atoms. The van der Waals surface area contributed by atoms with Crippen molar-refractivity contribution in [3.63, 3.8) is 0 Å². The van der Waals surface area contributed by atoms with E-state index in [1.54, 1.807) is 42.2 Å². The zero-order valence-electron chi connectivity index (χ0n) is 16.0. The molecule has 4 rings (SSSR count). The molecule has 0 bridgehead atoms. The molecule has 0 amide bonds. The van der Waals surface area contributed by atoms with Crippen LogP contribution in [0.4, 0.5) is 0 Å². The smallest absolute Gasteiger partial charge is 0.187 e. The number of aromatic nitrogens is 4. The highest BCUT2D eigenvalue weighted by Crippen LogP contribution is 2.40. The van der Waals surface area contributed by atoms with E-state index in [0.717, 1.165) is 15.2 Å². The summed E-state index contributed by atoms with van der Waals surface area (Å²) >= 11 is 15.9. The van der Waals surface area contributed by atoms with Crippen LogP contribution in [0.2, 0.25) is 10.0 Å². The maximum atomic E-state index is 11.2. The van der Waals surface area contributed by atoms with Crippen molar-refractivity contribution in [1.29, 1.82) is 0 Å². The van der Waals surface area contributed by atoms with Crippen LogP contribution in [-0.4, -0.2) is 37.4 Å². The highest BCUT2D eigenvalue weighted by Gasteiger charge is 2.25. The maximum Gasteiger partial charge on any atom is 0.187 e. The Morgan fingerprint density at radius 3 is 2.37 bits per heavy atom. The number of halogens is 2. The highest BCUT2D eigenvalue weighted by molar-refractivity contribution is 7.98. The summed E-state index contributed by atoms with van der Waals surface area (Å²) in [6, 6.07) is 14.8. The molecule has 2 heterocycles. The fraction of sp³-hybridized carbons (Fsp3) is 0.0952. The Morgan fingerprint density at radius 1 is 0.933 bits per heavy atom. The zero-order chi connectivity index (χ0) is 21.3. The summed E-state index contributed by atoms with van der Waals surface area (Å²) in [6.07, 6.45) is 5.58. The Hall–Kier alpha value is -2.19. The fourth-order valence-corrected chi connectivity index (χ4v) is 4.45. The van der Waals surface area contributed by atoms with Gasteiger partial charge < -0.3 is 5.21 Å². The lowest BCUT2D eigenvalue weighted by Crippen LogP contribution is -1.99. The second-order valence-electron chi connectivity index (χ2n) is 6.20. The predicted molar refractivity (Wildman–Crippen MR) is 125 cm³/mol. The minimum absolute atomic E-state index is 0.245. The summed E-state index contributed by atoms with van der Waals surface area (Å²) in [5.41, 5.74) is 2.86. The average Bonchev–Trinajstić information content (AvgIpc) is 3.10. The molecule has 0 radical (unpaired) electrons. The third kappa shape index (κ3) is 3.90. The van der Waals surface area contributed by atoms with Gasteiger partial charge in [-0.3, -0.25) is 0 Å². The number of benzene rings is 2. The molecule has 0 saturated carbocycles. The number of hydrogen-bond acceptors (Lipinski definition) is 6. The Bertz CT molecular complexity index is 1210. The van der Waals surface area contributed by atoms with Gasteiger partial charge in [-0.15, -0.1) is 11.8 Å². The van der Waals surface area contributed by atoms with Crippen molar-refractivity contribution >= 4 is 46.7 Å². The van der Waals surface area contributed by atoms with Crippen LogP contribution in [0.25, 0.3) is 34.0 Å². The molecule has 0 unspecified atom stereocenters. The van der Waals surface area contributed by atoms with E-state index >= 15 is 0 Å². The largest absolute Gasteiger partial charge is 0.426 e. The normalized spacial score (nSPS) is 11.1. The summed E-state index contributed by atoms with van der Waals surface area (Å²) in [7, 11) is 0. The van der Waals surface area contributed by atoms with Crippen LogP contribution in [0.3, 0.4) is 0 Å². The van der Waals surface area contributed by atoms with Gasteiger partial charge in [0.25, 0.3) is 0 Å². The van der Waals surface area contributed by atoms with Crippen molar-refractivity contribution in [2.75, 3.05) is 12.5 Å². The van der Waals surface area contributed by atoms with E-state index < -0.39 is 0 Å². The van der Waals surface area contributed by atoms with Crippen LogP contribution in [0.15, 0.2) is 64.8 Å². The average molecular weight is 475 g/mol. The second-order valence-corrected chi connectivity index (χ2v) is 8.67. The minimum Gasteiger partial charge on any atom is -0.426 e. The van der Waals surface area contributed by atoms with Gasteiger partial charge in [-0.05, 0) is 42.8 Å². The van der Waals surface area contributed by atoms with Crippen LogP contribution in [0.5, 0.6) is 0 Å². The SMILES string of the molecule is CSc1cccc(-c2c(-c3ccnc(SC)n3)nc(-c3c(Cl)cccc3Cl)n2O)c1. The van der Waals surface area contributed by atoms with Crippen LogP contribution in [0, 0.1) is 0 Å².